The fourth-order valence-corrected chi connectivity index (χ4v) is 3.81. The Morgan fingerprint density at radius 3 is 2.16 bits per heavy atom. The zero-order valence-corrected chi connectivity index (χ0v) is 18.7. The third-order valence-electron chi connectivity index (χ3n) is 5.21. The summed E-state index contributed by atoms with van der Waals surface area (Å²) in [6.45, 7) is 2.50. The van der Waals surface area contributed by atoms with Gasteiger partial charge in [-0.2, -0.15) is 0 Å². The number of carbonyl (C=O) groups is 2. The van der Waals surface area contributed by atoms with Crippen molar-refractivity contribution in [1.29, 1.82) is 0 Å². The fourth-order valence-electron chi connectivity index (χ4n) is 3.58. The molecule has 3 rings (SSSR count). The third-order valence-corrected chi connectivity index (χ3v) is 5.56. The van der Waals surface area contributed by atoms with E-state index in [1.807, 2.05) is 67.6 Å². The molecule has 4 nitrogen and oxygen atoms in total. The van der Waals surface area contributed by atoms with E-state index in [1.165, 1.54) is 17.0 Å². The second kappa shape index (κ2) is 11.4. The Balaban J connectivity index is 1.97. The number of amides is 2. The van der Waals surface area contributed by atoms with Crippen LogP contribution < -0.4 is 5.32 Å². The SMILES string of the molecule is CCNC(=O)[C@H](Cc1ccccc1)N(Cc1ccccc1)C(=O)Cc1c(F)cccc1Cl. The van der Waals surface area contributed by atoms with E-state index in [-0.39, 0.29) is 35.4 Å². The highest BCUT2D eigenvalue weighted by atomic mass is 35.5. The lowest BCUT2D eigenvalue weighted by molar-refractivity contribution is -0.140. The third kappa shape index (κ3) is 6.17. The maximum atomic E-state index is 14.4. The number of rotatable bonds is 9. The van der Waals surface area contributed by atoms with Crippen LogP contribution in [0.5, 0.6) is 0 Å². The van der Waals surface area contributed by atoms with Gasteiger partial charge in [0.25, 0.3) is 0 Å². The van der Waals surface area contributed by atoms with Gasteiger partial charge in [-0.25, -0.2) is 4.39 Å². The molecule has 0 unspecified atom stereocenters. The molecule has 166 valence electrons. The quantitative estimate of drug-likeness (QED) is 0.507. The van der Waals surface area contributed by atoms with Gasteiger partial charge in [-0.1, -0.05) is 78.3 Å². The standard InChI is InChI=1S/C26H26ClFN2O2/c1-2-29-26(32)24(16-19-10-5-3-6-11-19)30(18-20-12-7-4-8-13-20)25(31)17-21-22(27)14-9-15-23(21)28/h3-15,24H,2,16-18H2,1H3,(H,29,32)/t24-/m0/s1. The molecule has 3 aromatic carbocycles. The second-order valence-corrected chi connectivity index (χ2v) is 7.89. The van der Waals surface area contributed by atoms with Crippen molar-refractivity contribution in [2.45, 2.75) is 32.4 Å². The molecule has 3 aromatic rings. The normalized spacial score (nSPS) is 11.6. The van der Waals surface area contributed by atoms with Crippen LogP contribution in [-0.2, 0) is 29.0 Å². The van der Waals surface area contributed by atoms with E-state index >= 15 is 0 Å². The molecule has 0 aliphatic rings. The Hall–Kier alpha value is -3.18. The minimum absolute atomic E-state index is 0.131. The Morgan fingerprint density at radius 2 is 1.56 bits per heavy atom. The molecule has 6 heteroatoms. The summed E-state index contributed by atoms with van der Waals surface area (Å²) in [5.41, 5.74) is 1.94. The number of halogens is 2. The van der Waals surface area contributed by atoms with Gasteiger partial charge >= 0.3 is 0 Å². The summed E-state index contributed by atoms with van der Waals surface area (Å²) < 4.78 is 14.4. The summed E-state index contributed by atoms with van der Waals surface area (Å²) in [4.78, 5) is 28.1. The van der Waals surface area contributed by atoms with E-state index in [0.29, 0.717) is 13.0 Å². The highest BCUT2D eigenvalue weighted by molar-refractivity contribution is 6.31. The van der Waals surface area contributed by atoms with Gasteiger partial charge in [0.1, 0.15) is 11.9 Å². The molecule has 0 aromatic heterocycles. The van der Waals surface area contributed by atoms with Crippen molar-refractivity contribution in [3.05, 3.63) is 106 Å². The number of hydrogen-bond acceptors (Lipinski definition) is 2. The van der Waals surface area contributed by atoms with Crippen LogP contribution in [0.2, 0.25) is 5.02 Å². The lowest BCUT2D eigenvalue weighted by atomic mass is 10.0. The Labute approximate surface area is 193 Å². The smallest absolute Gasteiger partial charge is 0.243 e. The second-order valence-electron chi connectivity index (χ2n) is 7.48. The van der Waals surface area contributed by atoms with Gasteiger partial charge in [-0.15, -0.1) is 0 Å². The summed E-state index contributed by atoms with van der Waals surface area (Å²) in [7, 11) is 0. The number of hydrogen-bond donors (Lipinski definition) is 1. The van der Waals surface area contributed by atoms with E-state index in [4.69, 9.17) is 11.6 Å². The van der Waals surface area contributed by atoms with Crippen LogP contribution in [0.15, 0.2) is 78.9 Å². The molecule has 0 heterocycles. The molecule has 32 heavy (non-hydrogen) atoms. The summed E-state index contributed by atoms with van der Waals surface area (Å²) in [5, 5.41) is 3.03. The van der Waals surface area contributed by atoms with Crippen molar-refractivity contribution < 1.29 is 14.0 Å². The van der Waals surface area contributed by atoms with Crippen molar-refractivity contribution in [2.24, 2.45) is 0 Å². The molecule has 0 saturated carbocycles. The predicted octanol–water partition coefficient (Wildman–Crippen LogP) is 4.80. The van der Waals surface area contributed by atoms with Crippen molar-refractivity contribution >= 4 is 23.4 Å². The molecule has 0 spiro atoms. The van der Waals surface area contributed by atoms with Gasteiger partial charge in [0, 0.05) is 30.1 Å². The number of benzene rings is 3. The largest absolute Gasteiger partial charge is 0.355 e. The maximum absolute atomic E-state index is 14.4. The highest BCUT2D eigenvalue weighted by Gasteiger charge is 2.30. The van der Waals surface area contributed by atoms with Crippen LogP contribution in [-0.4, -0.2) is 29.3 Å². The van der Waals surface area contributed by atoms with Crippen LogP contribution in [0.3, 0.4) is 0 Å². The van der Waals surface area contributed by atoms with E-state index < -0.39 is 11.9 Å². The molecular weight excluding hydrogens is 427 g/mol. The topological polar surface area (TPSA) is 49.4 Å². The predicted molar refractivity (Wildman–Crippen MR) is 125 cm³/mol. The average Bonchev–Trinajstić information content (AvgIpc) is 2.80. The first-order chi connectivity index (χ1) is 15.5. The van der Waals surface area contributed by atoms with Crippen LogP contribution >= 0.6 is 11.6 Å². The monoisotopic (exact) mass is 452 g/mol. The molecular formula is C26H26ClFN2O2. The number of likely N-dealkylation sites (N-methyl/N-ethyl adjacent to an activating group) is 1. The first-order valence-electron chi connectivity index (χ1n) is 10.6. The maximum Gasteiger partial charge on any atom is 0.243 e. The molecule has 1 N–H and O–H groups in total. The van der Waals surface area contributed by atoms with Gasteiger partial charge in [0.15, 0.2) is 0 Å². The first-order valence-corrected chi connectivity index (χ1v) is 10.9. The molecule has 0 radical (unpaired) electrons. The summed E-state index contributed by atoms with van der Waals surface area (Å²) in [5.74, 6) is -1.16. The molecule has 0 fully saturated rings. The van der Waals surface area contributed by atoms with Gasteiger partial charge in [-0.3, -0.25) is 9.59 Å². The summed E-state index contributed by atoms with van der Waals surface area (Å²) >= 11 is 6.17. The zero-order chi connectivity index (χ0) is 22.9. The van der Waals surface area contributed by atoms with Gasteiger partial charge < -0.3 is 10.2 Å². The van der Waals surface area contributed by atoms with Crippen molar-refractivity contribution in [2.75, 3.05) is 6.54 Å². The van der Waals surface area contributed by atoms with E-state index in [2.05, 4.69) is 5.32 Å². The molecule has 1 atom stereocenters. The number of nitrogens with zero attached hydrogens (tertiary/aromatic N) is 1. The van der Waals surface area contributed by atoms with E-state index in [9.17, 15) is 14.0 Å². The van der Waals surface area contributed by atoms with Crippen LogP contribution in [0.1, 0.15) is 23.6 Å². The van der Waals surface area contributed by atoms with Crippen LogP contribution in [0, 0.1) is 5.82 Å². The van der Waals surface area contributed by atoms with Crippen molar-refractivity contribution in [3.8, 4) is 0 Å². The molecule has 0 aliphatic heterocycles. The van der Waals surface area contributed by atoms with Gasteiger partial charge in [0.2, 0.25) is 11.8 Å². The first kappa shape index (κ1) is 23.5. The molecule has 0 bridgehead atoms. The van der Waals surface area contributed by atoms with Gasteiger partial charge in [-0.05, 0) is 30.2 Å². The average molecular weight is 453 g/mol. The highest BCUT2D eigenvalue weighted by Crippen LogP contribution is 2.22. The summed E-state index contributed by atoms with van der Waals surface area (Å²) in [6, 6.07) is 22.6. The van der Waals surface area contributed by atoms with Crippen LogP contribution in [0.25, 0.3) is 0 Å². The fraction of sp³-hybridized carbons (Fsp3) is 0.231. The van der Waals surface area contributed by atoms with Crippen molar-refractivity contribution in [1.82, 2.24) is 10.2 Å². The van der Waals surface area contributed by atoms with E-state index in [1.54, 1.807) is 6.07 Å². The molecule has 0 aliphatic carbocycles. The number of carbonyl (C=O) groups excluding carboxylic acids is 2. The molecule has 0 saturated heterocycles. The lowest BCUT2D eigenvalue weighted by Gasteiger charge is -2.31. The Bertz CT molecular complexity index is 1020. The minimum atomic E-state index is -0.754. The lowest BCUT2D eigenvalue weighted by Crippen LogP contribution is -2.51. The number of nitrogens with one attached hydrogen (secondary N) is 1. The van der Waals surface area contributed by atoms with Crippen molar-refractivity contribution in [3.63, 3.8) is 0 Å². The van der Waals surface area contributed by atoms with Crippen LogP contribution in [0.4, 0.5) is 4.39 Å². The Morgan fingerprint density at radius 1 is 0.938 bits per heavy atom. The van der Waals surface area contributed by atoms with E-state index in [0.717, 1.165) is 11.1 Å². The van der Waals surface area contributed by atoms with Gasteiger partial charge in [0.05, 0.1) is 6.42 Å². The minimum Gasteiger partial charge on any atom is -0.355 e. The Kier molecular flexibility index (Phi) is 8.40. The summed E-state index contributed by atoms with van der Waals surface area (Å²) in [6.07, 6.45) is 0.110. The molecule has 2 amide bonds. The zero-order valence-electron chi connectivity index (χ0n) is 17.9.